The Balaban J connectivity index is 2.18. The number of anilines is 1. The van der Waals surface area contributed by atoms with E-state index in [2.05, 4.69) is 10.3 Å². The first kappa shape index (κ1) is 13.4. The number of thiazole rings is 1. The number of nitrogens with zero attached hydrogens (tertiary/aromatic N) is 1. The second kappa shape index (κ2) is 5.33. The highest BCUT2D eigenvalue weighted by molar-refractivity contribution is 7.12. The first-order chi connectivity index (χ1) is 8.95. The van der Waals surface area contributed by atoms with Gasteiger partial charge in [-0.1, -0.05) is 11.6 Å². The number of aromatic nitrogens is 1. The van der Waals surface area contributed by atoms with E-state index in [1.165, 1.54) is 11.4 Å². The Morgan fingerprint density at radius 1 is 1.37 bits per heavy atom. The zero-order valence-corrected chi connectivity index (χ0v) is 10.8. The highest BCUT2D eigenvalue weighted by Crippen LogP contribution is 2.19. The van der Waals surface area contributed by atoms with Crippen LogP contribution in [0.15, 0.2) is 23.6 Å². The van der Waals surface area contributed by atoms with Gasteiger partial charge in [-0.05, 0) is 18.2 Å². The van der Waals surface area contributed by atoms with Gasteiger partial charge in [0.05, 0.1) is 0 Å². The van der Waals surface area contributed by atoms with Crippen LogP contribution in [0.2, 0.25) is 5.02 Å². The predicted molar refractivity (Wildman–Crippen MR) is 68.4 cm³/mol. The van der Waals surface area contributed by atoms with Crippen LogP contribution in [0.1, 0.15) is 20.3 Å². The molecule has 8 heteroatoms. The lowest BCUT2D eigenvalue weighted by molar-refractivity contribution is 0.0691. The lowest BCUT2D eigenvalue weighted by atomic mass is 10.3. The fourth-order valence-electron chi connectivity index (χ4n) is 1.29. The van der Waals surface area contributed by atoms with Crippen molar-refractivity contribution in [2.24, 2.45) is 0 Å². The average Bonchev–Trinajstić information content (AvgIpc) is 2.76. The van der Waals surface area contributed by atoms with Crippen molar-refractivity contribution in [1.29, 1.82) is 0 Å². The third kappa shape index (κ3) is 3.27. The lowest BCUT2D eigenvalue weighted by Gasteiger charge is -2.03. The molecule has 19 heavy (non-hydrogen) atoms. The van der Waals surface area contributed by atoms with Gasteiger partial charge in [-0.25, -0.2) is 14.2 Å². The smallest absolute Gasteiger partial charge is 0.355 e. The summed E-state index contributed by atoms with van der Waals surface area (Å²) in [7, 11) is 0. The summed E-state index contributed by atoms with van der Waals surface area (Å²) >= 11 is 6.53. The third-order valence-corrected chi connectivity index (χ3v) is 3.10. The molecule has 1 amide bonds. The van der Waals surface area contributed by atoms with Crippen LogP contribution in [0.4, 0.5) is 10.1 Å². The SMILES string of the molecule is O=C(O)c1csc(C(=O)Nc2cc(F)cc(Cl)c2)n1. The van der Waals surface area contributed by atoms with Crippen molar-refractivity contribution in [2.45, 2.75) is 0 Å². The molecule has 0 saturated heterocycles. The van der Waals surface area contributed by atoms with Crippen LogP contribution in [0.3, 0.4) is 0 Å². The Bertz CT molecular complexity index is 639. The summed E-state index contributed by atoms with van der Waals surface area (Å²) in [6.45, 7) is 0. The van der Waals surface area contributed by atoms with E-state index in [1.54, 1.807) is 0 Å². The van der Waals surface area contributed by atoms with Crippen molar-refractivity contribution in [2.75, 3.05) is 5.32 Å². The molecule has 98 valence electrons. The minimum Gasteiger partial charge on any atom is -0.476 e. The normalized spacial score (nSPS) is 10.2. The molecule has 0 radical (unpaired) electrons. The summed E-state index contributed by atoms with van der Waals surface area (Å²) < 4.78 is 13.1. The number of aromatic carboxylic acids is 1. The zero-order valence-electron chi connectivity index (χ0n) is 9.18. The third-order valence-electron chi connectivity index (χ3n) is 2.04. The topological polar surface area (TPSA) is 79.3 Å². The number of carbonyl (C=O) groups excluding carboxylic acids is 1. The van der Waals surface area contributed by atoms with Crippen LogP contribution in [0.25, 0.3) is 0 Å². The molecule has 1 aromatic heterocycles. The molecule has 2 N–H and O–H groups in total. The Kier molecular flexibility index (Phi) is 3.77. The number of hydrogen-bond acceptors (Lipinski definition) is 4. The van der Waals surface area contributed by atoms with Gasteiger partial charge in [-0.15, -0.1) is 11.3 Å². The summed E-state index contributed by atoms with van der Waals surface area (Å²) in [5.74, 6) is -2.43. The monoisotopic (exact) mass is 300 g/mol. The summed E-state index contributed by atoms with van der Waals surface area (Å²) in [6, 6.07) is 3.56. The fourth-order valence-corrected chi connectivity index (χ4v) is 2.19. The van der Waals surface area contributed by atoms with Gasteiger partial charge in [0.15, 0.2) is 10.7 Å². The van der Waals surface area contributed by atoms with Crippen molar-refractivity contribution >= 4 is 40.5 Å². The van der Waals surface area contributed by atoms with E-state index in [4.69, 9.17) is 16.7 Å². The van der Waals surface area contributed by atoms with Crippen LogP contribution in [0.5, 0.6) is 0 Å². The lowest BCUT2D eigenvalue weighted by Crippen LogP contribution is -2.12. The van der Waals surface area contributed by atoms with Gasteiger partial charge in [0.2, 0.25) is 0 Å². The first-order valence-corrected chi connectivity index (χ1v) is 6.18. The molecule has 0 saturated carbocycles. The maximum absolute atomic E-state index is 13.1. The summed E-state index contributed by atoms with van der Waals surface area (Å²) in [6.07, 6.45) is 0. The molecule has 0 unspecified atom stereocenters. The Labute approximate surface area is 115 Å². The number of carbonyl (C=O) groups is 2. The number of nitrogens with one attached hydrogen (secondary N) is 1. The minimum atomic E-state index is -1.22. The summed E-state index contributed by atoms with van der Waals surface area (Å²) in [5, 5.41) is 12.4. The fraction of sp³-hybridized carbons (Fsp3) is 0. The van der Waals surface area contributed by atoms with Gasteiger partial charge in [0.25, 0.3) is 5.91 Å². The van der Waals surface area contributed by atoms with E-state index in [1.807, 2.05) is 0 Å². The maximum atomic E-state index is 13.1. The summed E-state index contributed by atoms with van der Waals surface area (Å²) in [4.78, 5) is 26.0. The van der Waals surface area contributed by atoms with Gasteiger partial charge >= 0.3 is 5.97 Å². The first-order valence-electron chi connectivity index (χ1n) is 4.92. The van der Waals surface area contributed by atoms with Crippen LogP contribution in [-0.4, -0.2) is 22.0 Å². The molecular formula is C11H6ClFN2O3S. The van der Waals surface area contributed by atoms with Crippen molar-refractivity contribution in [3.05, 3.63) is 45.1 Å². The molecule has 0 fully saturated rings. The average molecular weight is 301 g/mol. The van der Waals surface area contributed by atoms with E-state index < -0.39 is 17.7 Å². The van der Waals surface area contributed by atoms with Crippen LogP contribution in [0, 0.1) is 5.82 Å². The molecule has 0 atom stereocenters. The Morgan fingerprint density at radius 3 is 2.68 bits per heavy atom. The van der Waals surface area contributed by atoms with E-state index in [9.17, 15) is 14.0 Å². The van der Waals surface area contributed by atoms with Gasteiger partial charge in [-0.2, -0.15) is 0 Å². The molecule has 5 nitrogen and oxygen atoms in total. The van der Waals surface area contributed by atoms with Gasteiger partial charge in [-0.3, -0.25) is 4.79 Å². The van der Waals surface area contributed by atoms with Crippen LogP contribution < -0.4 is 5.32 Å². The zero-order chi connectivity index (χ0) is 14.0. The second-order valence-electron chi connectivity index (χ2n) is 3.46. The molecule has 2 aromatic rings. The molecule has 0 spiro atoms. The Morgan fingerprint density at radius 2 is 2.11 bits per heavy atom. The number of carboxylic acid groups (broad SMARTS) is 1. The molecule has 0 aliphatic carbocycles. The number of rotatable bonds is 3. The quantitative estimate of drug-likeness (QED) is 0.913. The van der Waals surface area contributed by atoms with Crippen LogP contribution in [-0.2, 0) is 0 Å². The van der Waals surface area contributed by atoms with Crippen molar-refractivity contribution in [3.8, 4) is 0 Å². The molecule has 0 aliphatic rings. The van der Waals surface area contributed by atoms with Crippen LogP contribution >= 0.6 is 22.9 Å². The van der Waals surface area contributed by atoms with E-state index in [0.717, 1.165) is 23.5 Å². The molecule has 0 aliphatic heterocycles. The van der Waals surface area contributed by atoms with Gasteiger partial charge in [0, 0.05) is 16.1 Å². The maximum Gasteiger partial charge on any atom is 0.355 e. The standard InChI is InChI=1S/C11H6ClFN2O3S/c12-5-1-6(13)3-7(2-5)14-9(16)10-15-8(4-19-10)11(17)18/h1-4H,(H,14,16)(H,17,18). The van der Waals surface area contributed by atoms with Crippen molar-refractivity contribution in [1.82, 2.24) is 4.98 Å². The number of benzene rings is 1. The van der Waals surface area contributed by atoms with Crippen molar-refractivity contribution < 1.29 is 19.1 Å². The highest BCUT2D eigenvalue weighted by atomic mass is 35.5. The number of halogens is 2. The number of carboxylic acids is 1. The second-order valence-corrected chi connectivity index (χ2v) is 4.75. The molecular weight excluding hydrogens is 295 g/mol. The number of hydrogen-bond donors (Lipinski definition) is 2. The van der Waals surface area contributed by atoms with E-state index in [-0.39, 0.29) is 21.4 Å². The van der Waals surface area contributed by atoms with Gasteiger partial charge in [0.1, 0.15) is 5.82 Å². The molecule has 1 heterocycles. The van der Waals surface area contributed by atoms with E-state index in [0.29, 0.717) is 0 Å². The Hall–Kier alpha value is -1.99. The molecule has 2 rings (SSSR count). The molecule has 0 bridgehead atoms. The molecule has 1 aromatic carbocycles. The highest BCUT2D eigenvalue weighted by Gasteiger charge is 2.15. The van der Waals surface area contributed by atoms with Gasteiger partial charge < -0.3 is 10.4 Å². The minimum absolute atomic E-state index is 0.0298. The van der Waals surface area contributed by atoms with E-state index >= 15 is 0 Å². The predicted octanol–water partition coefficient (Wildman–Crippen LogP) is 2.89. The summed E-state index contributed by atoms with van der Waals surface area (Å²) in [5.41, 5.74) is -0.0468. The number of amides is 1. The van der Waals surface area contributed by atoms with Crippen molar-refractivity contribution in [3.63, 3.8) is 0 Å². The largest absolute Gasteiger partial charge is 0.476 e.